The Kier molecular flexibility index (Phi) is 6.05. The van der Waals surface area contributed by atoms with Crippen molar-refractivity contribution in [3.8, 4) is 0 Å². The Bertz CT molecular complexity index is 407. The molecule has 1 aliphatic rings. The van der Waals surface area contributed by atoms with Crippen molar-refractivity contribution >= 4 is 11.6 Å². The number of anilines is 2. The zero-order valence-corrected chi connectivity index (χ0v) is 12.6. The Labute approximate surface area is 121 Å². The van der Waals surface area contributed by atoms with Crippen molar-refractivity contribution in [2.45, 2.75) is 44.9 Å². The fraction of sp³-hybridized carbons (Fsp3) is 0.733. The van der Waals surface area contributed by atoms with Gasteiger partial charge in [0.25, 0.3) is 0 Å². The van der Waals surface area contributed by atoms with Gasteiger partial charge in [-0.25, -0.2) is 9.97 Å². The van der Waals surface area contributed by atoms with Crippen LogP contribution in [-0.4, -0.2) is 36.8 Å². The van der Waals surface area contributed by atoms with E-state index in [-0.39, 0.29) is 0 Å². The van der Waals surface area contributed by atoms with E-state index in [9.17, 15) is 0 Å². The van der Waals surface area contributed by atoms with Gasteiger partial charge in [0, 0.05) is 38.8 Å². The molecule has 0 spiro atoms. The molecule has 20 heavy (non-hydrogen) atoms. The Morgan fingerprint density at radius 3 is 2.45 bits per heavy atom. The lowest BCUT2D eigenvalue weighted by molar-refractivity contribution is 0.194. The van der Waals surface area contributed by atoms with Crippen molar-refractivity contribution in [2.75, 3.05) is 37.4 Å². The van der Waals surface area contributed by atoms with Crippen LogP contribution < -0.4 is 10.6 Å². The van der Waals surface area contributed by atoms with Crippen molar-refractivity contribution in [3.63, 3.8) is 0 Å². The van der Waals surface area contributed by atoms with E-state index < -0.39 is 0 Å². The maximum atomic E-state index is 5.05. The number of nitrogens with zero attached hydrogens (tertiary/aromatic N) is 2. The molecule has 1 aromatic rings. The second-order valence-corrected chi connectivity index (χ2v) is 5.32. The average Bonchev–Trinajstić information content (AvgIpc) is 3.29. The standard InChI is InChI=1S/C15H26N4O/c1-3-8-16-13-11-14(17-9-4-5-10-20-2)19-15(18-13)12-6-7-12/h11-12H,3-10H2,1-2H3,(H2,16,17,18,19). The smallest absolute Gasteiger partial charge is 0.136 e. The molecule has 0 aromatic carbocycles. The molecule has 2 rings (SSSR count). The Balaban J connectivity index is 1.90. The number of aromatic nitrogens is 2. The third-order valence-corrected chi connectivity index (χ3v) is 3.32. The topological polar surface area (TPSA) is 59.1 Å². The van der Waals surface area contributed by atoms with Gasteiger partial charge in [-0.15, -0.1) is 0 Å². The highest BCUT2D eigenvalue weighted by Crippen LogP contribution is 2.38. The van der Waals surface area contributed by atoms with E-state index in [2.05, 4.69) is 27.5 Å². The molecule has 2 N–H and O–H groups in total. The molecule has 0 saturated heterocycles. The first-order valence-electron chi connectivity index (χ1n) is 7.69. The Hall–Kier alpha value is -1.36. The average molecular weight is 278 g/mol. The molecule has 0 unspecified atom stereocenters. The molecule has 0 aliphatic heterocycles. The number of ether oxygens (including phenoxy) is 1. The van der Waals surface area contributed by atoms with E-state index in [0.717, 1.165) is 56.4 Å². The molecule has 112 valence electrons. The van der Waals surface area contributed by atoms with E-state index in [1.165, 1.54) is 12.8 Å². The van der Waals surface area contributed by atoms with Gasteiger partial charge in [0.15, 0.2) is 0 Å². The van der Waals surface area contributed by atoms with Crippen molar-refractivity contribution in [1.29, 1.82) is 0 Å². The SMILES string of the molecule is CCCNc1cc(NCCCCOC)nc(C2CC2)n1. The number of methoxy groups -OCH3 is 1. The molecule has 1 saturated carbocycles. The van der Waals surface area contributed by atoms with E-state index in [4.69, 9.17) is 4.74 Å². The summed E-state index contributed by atoms with van der Waals surface area (Å²) in [6.45, 7) is 4.86. The minimum absolute atomic E-state index is 0.576. The zero-order valence-electron chi connectivity index (χ0n) is 12.6. The van der Waals surface area contributed by atoms with Crippen LogP contribution >= 0.6 is 0 Å². The second-order valence-electron chi connectivity index (χ2n) is 5.32. The van der Waals surface area contributed by atoms with E-state index >= 15 is 0 Å². The van der Waals surface area contributed by atoms with Crippen LogP contribution in [0.3, 0.4) is 0 Å². The quantitative estimate of drug-likeness (QED) is 0.644. The summed E-state index contributed by atoms with van der Waals surface area (Å²) in [4.78, 5) is 9.24. The number of hydrogen-bond acceptors (Lipinski definition) is 5. The highest BCUT2D eigenvalue weighted by atomic mass is 16.5. The van der Waals surface area contributed by atoms with Gasteiger partial charge in [-0.1, -0.05) is 6.92 Å². The first-order chi connectivity index (χ1) is 9.83. The van der Waals surface area contributed by atoms with Crippen LogP contribution in [0, 0.1) is 0 Å². The van der Waals surface area contributed by atoms with E-state index in [1.807, 2.05) is 6.07 Å². The molecule has 0 bridgehead atoms. The molecule has 1 fully saturated rings. The number of unbranched alkanes of at least 4 members (excludes halogenated alkanes) is 1. The molecule has 1 aliphatic carbocycles. The van der Waals surface area contributed by atoms with Gasteiger partial charge in [0.1, 0.15) is 17.5 Å². The van der Waals surface area contributed by atoms with Gasteiger partial charge < -0.3 is 15.4 Å². The number of hydrogen-bond donors (Lipinski definition) is 2. The fourth-order valence-corrected chi connectivity index (χ4v) is 2.01. The molecular formula is C15H26N4O. The maximum Gasteiger partial charge on any atom is 0.136 e. The van der Waals surface area contributed by atoms with Crippen molar-refractivity contribution in [3.05, 3.63) is 11.9 Å². The summed E-state index contributed by atoms with van der Waals surface area (Å²) in [7, 11) is 1.74. The summed E-state index contributed by atoms with van der Waals surface area (Å²) in [5.41, 5.74) is 0. The lowest BCUT2D eigenvalue weighted by atomic mass is 10.3. The lowest BCUT2D eigenvalue weighted by Gasteiger charge is -2.10. The van der Waals surface area contributed by atoms with Crippen LogP contribution in [0.25, 0.3) is 0 Å². The van der Waals surface area contributed by atoms with Crippen LogP contribution in [-0.2, 0) is 4.74 Å². The molecule has 5 nitrogen and oxygen atoms in total. The summed E-state index contributed by atoms with van der Waals surface area (Å²) >= 11 is 0. The minimum atomic E-state index is 0.576. The van der Waals surface area contributed by atoms with Gasteiger partial charge in [-0.3, -0.25) is 0 Å². The second kappa shape index (κ2) is 8.04. The Morgan fingerprint density at radius 1 is 1.15 bits per heavy atom. The third kappa shape index (κ3) is 4.96. The van der Waals surface area contributed by atoms with Crippen LogP contribution in [0.2, 0.25) is 0 Å². The highest BCUT2D eigenvalue weighted by Gasteiger charge is 2.27. The first kappa shape index (κ1) is 15.0. The van der Waals surface area contributed by atoms with Crippen LogP contribution in [0.5, 0.6) is 0 Å². The highest BCUT2D eigenvalue weighted by molar-refractivity contribution is 5.48. The number of rotatable bonds is 10. The fourth-order valence-electron chi connectivity index (χ4n) is 2.01. The van der Waals surface area contributed by atoms with Gasteiger partial charge in [-0.2, -0.15) is 0 Å². The summed E-state index contributed by atoms with van der Waals surface area (Å²) in [5, 5.41) is 6.75. The minimum Gasteiger partial charge on any atom is -0.385 e. The van der Waals surface area contributed by atoms with Gasteiger partial charge in [-0.05, 0) is 32.1 Å². The molecule has 5 heteroatoms. The van der Waals surface area contributed by atoms with Crippen LogP contribution in [0.4, 0.5) is 11.6 Å². The lowest BCUT2D eigenvalue weighted by Crippen LogP contribution is -2.09. The van der Waals surface area contributed by atoms with Crippen molar-refractivity contribution in [2.24, 2.45) is 0 Å². The van der Waals surface area contributed by atoms with E-state index in [0.29, 0.717) is 5.92 Å². The first-order valence-corrected chi connectivity index (χ1v) is 7.69. The molecule has 0 atom stereocenters. The summed E-state index contributed by atoms with van der Waals surface area (Å²) in [5.74, 6) is 3.46. The van der Waals surface area contributed by atoms with E-state index in [1.54, 1.807) is 7.11 Å². The summed E-state index contributed by atoms with van der Waals surface area (Å²) < 4.78 is 5.05. The van der Waals surface area contributed by atoms with Crippen molar-refractivity contribution in [1.82, 2.24) is 9.97 Å². The molecule has 0 amide bonds. The predicted octanol–water partition coefficient (Wildman–Crippen LogP) is 3.01. The van der Waals surface area contributed by atoms with Crippen molar-refractivity contribution < 1.29 is 4.74 Å². The van der Waals surface area contributed by atoms with Crippen LogP contribution in [0.15, 0.2) is 6.07 Å². The predicted molar refractivity (Wildman–Crippen MR) is 82.4 cm³/mol. The maximum absolute atomic E-state index is 5.05. The Morgan fingerprint density at radius 2 is 1.85 bits per heavy atom. The summed E-state index contributed by atoms with van der Waals surface area (Å²) in [6.07, 6.45) is 5.72. The third-order valence-electron chi connectivity index (χ3n) is 3.32. The molecular weight excluding hydrogens is 252 g/mol. The number of nitrogens with one attached hydrogen (secondary N) is 2. The monoisotopic (exact) mass is 278 g/mol. The van der Waals surface area contributed by atoms with Gasteiger partial charge >= 0.3 is 0 Å². The molecule has 1 aromatic heterocycles. The van der Waals surface area contributed by atoms with Gasteiger partial charge in [0.05, 0.1) is 0 Å². The molecule has 1 heterocycles. The zero-order chi connectivity index (χ0) is 14.2. The largest absolute Gasteiger partial charge is 0.385 e. The van der Waals surface area contributed by atoms with Gasteiger partial charge in [0.2, 0.25) is 0 Å². The molecule has 0 radical (unpaired) electrons. The normalized spacial score (nSPS) is 14.3. The summed E-state index contributed by atoms with van der Waals surface area (Å²) in [6, 6.07) is 2.01. The van der Waals surface area contributed by atoms with Crippen LogP contribution in [0.1, 0.15) is 50.8 Å².